The quantitative estimate of drug-likeness (QED) is 0.650. The second kappa shape index (κ2) is 8.48. The molecule has 2 aromatic rings. The van der Waals surface area contributed by atoms with Crippen molar-refractivity contribution < 1.29 is 18.9 Å². The number of para-hydroxylation sites is 1. The summed E-state index contributed by atoms with van der Waals surface area (Å²) in [6.07, 6.45) is 2.66. The number of likely N-dealkylation sites (tertiary alicyclic amines) is 1. The third kappa shape index (κ3) is 3.88. The Labute approximate surface area is 178 Å². The van der Waals surface area contributed by atoms with E-state index in [9.17, 15) is 0 Å². The van der Waals surface area contributed by atoms with Crippen molar-refractivity contribution in [2.45, 2.75) is 25.4 Å². The molecule has 3 aliphatic rings. The van der Waals surface area contributed by atoms with Gasteiger partial charge in [0.1, 0.15) is 5.75 Å². The van der Waals surface area contributed by atoms with Gasteiger partial charge < -0.3 is 18.9 Å². The molecule has 2 aliphatic heterocycles. The van der Waals surface area contributed by atoms with Gasteiger partial charge in [0.05, 0.1) is 27.4 Å². The van der Waals surface area contributed by atoms with Crippen molar-refractivity contribution in [3.05, 3.63) is 53.6 Å². The van der Waals surface area contributed by atoms with Crippen LogP contribution >= 0.6 is 0 Å². The molecule has 1 aliphatic carbocycles. The van der Waals surface area contributed by atoms with Gasteiger partial charge in [-0.1, -0.05) is 24.3 Å². The van der Waals surface area contributed by atoms with Crippen LogP contribution in [-0.4, -0.2) is 45.5 Å². The minimum atomic E-state index is 0.359. The molecule has 0 aromatic heterocycles. The van der Waals surface area contributed by atoms with Crippen LogP contribution in [0.2, 0.25) is 0 Å². The Morgan fingerprint density at radius 1 is 1.00 bits per heavy atom. The van der Waals surface area contributed by atoms with Gasteiger partial charge in [0.25, 0.3) is 0 Å². The first-order valence-corrected chi connectivity index (χ1v) is 11.0. The number of rotatable bonds is 8. The van der Waals surface area contributed by atoms with Gasteiger partial charge in [-0.2, -0.15) is 0 Å². The lowest BCUT2D eigenvalue weighted by Gasteiger charge is -2.34. The zero-order valence-corrected chi connectivity index (χ0v) is 17.9. The van der Waals surface area contributed by atoms with E-state index in [1.807, 2.05) is 6.07 Å². The van der Waals surface area contributed by atoms with Crippen molar-refractivity contribution >= 4 is 0 Å². The van der Waals surface area contributed by atoms with Crippen LogP contribution in [0.5, 0.6) is 17.2 Å². The van der Waals surface area contributed by atoms with Crippen LogP contribution in [0, 0.1) is 17.8 Å². The average molecular weight is 410 g/mol. The molecule has 0 bridgehead atoms. The number of fused-ring (bicyclic) bond motifs is 3. The monoisotopic (exact) mass is 409 g/mol. The minimum Gasteiger partial charge on any atom is -0.493 e. The summed E-state index contributed by atoms with van der Waals surface area (Å²) in [5.74, 6) is 4.32. The summed E-state index contributed by atoms with van der Waals surface area (Å²) in [7, 11) is 3.36. The van der Waals surface area contributed by atoms with Crippen molar-refractivity contribution in [1.82, 2.24) is 4.90 Å². The number of nitrogens with zero attached hydrogens (tertiary/aromatic N) is 1. The molecule has 3 atom stereocenters. The zero-order chi connectivity index (χ0) is 20.5. The Morgan fingerprint density at radius 3 is 2.63 bits per heavy atom. The van der Waals surface area contributed by atoms with E-state index in [4.69, 9.17) is 18.9 Å². The molecule has 0 spiro atoms. The maximum atomic E-state index is 6.15. The van der Waals surface area contributed by atoms with E-state index in [1.54, 1.807) is 14.2 Å². The lowest BCUT2D eigenvalue weighted by molar-refractivity contribution is 0.0641. The van der Waals surface area contributed by atoms with Gasteiger partial charge in [-0.05, 0) is 42.5 Å². The van der Waals surface area contributed by atoms with E-state index in [1.165, 1.54) is 24.0 Å². The number of methoxy groups -OCH3 is 2. The van der Waals surface area contributed by atoms with Crippen molar-refractivity contribution in [2.75, 3.05) is 40.6 Å². The molecular formula is C25H31NO4. The fourth-order valence-corrected chi connectivity index (χ4v) is 5.00. The number of ether oxygens (including phenoxy) is 4. The highest BCUT2D eigenvalue weighted by Crippen LogP contribution is 2.48. The minimum absolute atomic E-state index is 0.359. The van der Waals surface area contributed by atoms with Gasteiger partial charge in [-0.3, -0.25) is 4.90 Å². The fourth-order valence-electron chi connectivity index (χ4n) is 5.00. The van der Waals surface area contributed by atoms with Gasteiger partial charge in [-0.25, -0.2) is 0 Å². The van der Waals surface area contributed by atoms with Gasteiger partial charge in [0.15, 0.2) is 11.5 Å². The number of hydrogen-bond donors (Lipinski definition) is 0. The summed E-state index contributed by atoms with van der Waals surface area (Å²) in [5, 5.41) is 0. The van der Waals surface area contributed by atoms with Crippen molar-refractivity contribution in [2.24, 2.45) is 17.8 Å². The molecule has 1 saturated carbocycles. The van der Waals surface area contributed by atoms with E-state index in [2.05, 4.69) is 41.3 Å². The first-order chi connectivity index (χ1) is 14.8. The van der Waals surface area contributed by atoms with Gasteiger partial charge in [0, 0.05) is 43.1 Å². The summed E-state index contributed by atoms with van der Waals surface area (Å²) in [6.45, 7) is 4.40. The zero-order valence-electron chi connectivity index (χ0n) is 17.9. The Hall–Kier alpha value is -2.24. The standard InChI is InChI=1S/C25H31NO4/c1-27-23-10-9-18(11-24(23)28-2)12-26-13-19(15-29-14-17-7-8-17)21-16-30-22-6-4-3-5-20(22)25(21)26/h3-6,9-11,17,19,21,25H,7-8,12-16H2,1-2H3/t19-,21-,25-/m0/s1. The summed E-state index contributed by atoms with van der Waals surface area (Å²) >= 11 is 0. The van der Waals surface area contributed by atoms with Crippen LogP contribution in [0.15, 0.2) is 42.5 Å². The molecule has 2 fully saturated rings. The smallest absolute Gasteiger partial charge is 0.161 e. The Morgan fingerprint density at radius 2 is 1.83 bits per heavy atom. The summed E-state index contributed by atoms with van der Waals surface area (Å²) < 4.78 is 23.2. The van der Waals surface area contributed by atoms with E-state index in [0.717, 1.165) is 56.1 Å². The first-order valence-electron chi connectivity index (χ1n) is 11.0. The van der Waals surface area contributed by atoms with Crippen LogP contribution in [0.25, 0.3) is 0 Å². The fraction of sp³-hybridized carbons (Fsp3) is 0.520. The van der Waals surface area contributed by atoms with Gasteiger partial charge >= 0.3 is 0 Å². The molecular weight excluding hydrogens is 378 g/mol. The second-order valence-corrected chi connectivity index (χ2v) is 8.82. The predicted molar refractivity (Wildman–Crippen MR) is 115 cm³/mol. The van der Waals surface area contributed by atoms with Crippen LogP contribution in [-0.2, 0) is 11.3 Å². The van der Waals surface area contributed by atoms with Crippen LogP contribution in [0.1, 0.15) is 30.0 Å². The topological polar surface area (TPSA) is 40.2 Å². The maximum Gasteiger partial charge on any atom is 0.161 e. The lowest BCUT2D eigenvalue weighted by atomic mass is 9.85. The Bertz CT molecular complexity index is 881. The third-order valence-corrected chi connectivity index (χ3v) is 6.76. The molecule has 2 aromatic carbocycles. The van der Waals surface area contributed by atoms with Gasteiger partial charge in [0.2, 0.25) is 0 Å². The normalized spacial score (nSPS) is 25.3. The highest BCUT2D eigenvalue weighted by atomic mass is 16.5. The molecule has 0 radical (unpaired) electrons. The van der Waals surface area contributed by atoms with Gasteiger partial charge in [-0.15, -0.1) is 0 Å². The molecule has 0 N–H and O–H groups in total. The molecule has 30 heavy (non-hydrogen) atoms. The maximum absolute atomic E-state index is 6.15. The third-order valence-electron chi connectivity index (χ3n) is 6.76. The van der Waals surface area contributed by atoms with Crippen LogP contribution in [0.3, 0.4) is 0 Å². The predicted octanol–water partition coefficient (Wildman–Crippen LogP) is 4.31. The largest absolute Gasteiger partial charge is 0.493 e. The second-order valence-electron chi connectivity index (χ2n) is 8.82. The molecule has 2 heterocycles. The van der Waals surface area contributed by atoms with E-state index < -0.39 is 0 Å². The SMILES string of the molecule is COc1ccc(CN2C[C@@H](COCC3CC3)[C@@H]3COc4ccccc4[C@@H]32)cc1OC. The molecule has 5 rings (SSSR count). The Balaban J connectivity index is 1.38. The molecule has 5 heteroatoms. The summed E-state index contributed by atoms with van der Waals surface area (Å²) in [5.41, 5.74) is 2.54. The average Bonchev–Trinajstić information content (AvgIpc) is 3.55. The number of benzene rings is 2. The molecule has 0 unspecified atom stereocenters. The molecule has 160 valence electrons. The molecule has 0 amide bonds. The van der Waals surface area contributed by atoms with Crippen molar-refractivity contribution in [3.63, 3.8) is 0 Å². The Kier molecular flexibility index (Phi) is 5.57. The summed E-state index contributed by atoms with van der Waals surface area (Å²) in [4.78, 5) is 2.60. The van der Waals surface area contributed by atoms with Crippen molar-refractivity contribution in [3.8, 4) is 17.2 Å². The van der Waals surface area contributed by atoms with Crippen LogP contribution in [0.4, 0.5) is 0 Å². The van der Waals surface area contributed by atoms with E-state index in [0.29, 0.717) is 17.9 Å². The van der Waals surface area contributed by atoms with E-state index in [-0.39, 0.29) is 0 Å². The number of hydrogen-bond acceptors (Lipinski definition) is 5. The van der Waals surface area contributed by atoms with E-state index >= 15 is 0 Å². The van der Waals surface area contributed by atoms with Crippen molar-refractivity contribution in [1.29, 1.82) is 0 Å². The molecule has 5 nitrogen and oxygen atoms in total. The lowest BCUT2D eigenvalue weighted by Crippen LogP contribution is -2.32. The summed E-state index contributed by atoms with van der Waals surface area (Å²) in [6, 6.07) is 15.1. The van der Waals surface area contributed by atoms with Crippen LogP contribution < -0.4 is 14.2 Å². The first kappa shape index (κ1) is 19.7. The highest BCUT2D eigenvalue weighted by molar-refractivity contribution is 5.43. The highest BCUT2D eigenvalue weighted by Gasteiger charge is 2.46. The molecule has 1 saturated heterocycles.